The van der Waals surface area contributed by atoms with Crippen LogP contribution in [0.3, 0.4) is 0 Å². The number of amides is 1. The van der Waals surface area contributed by atoms with Crippen molar-refractivity contribution in [3.8, 4) is 11.3 Å². The van der Waals surface area contributed by atoms with Gasteiger partial charge in [0.15, 0.2) is 0 Å². The summed E-state index contributed by atoms with van der Waals surface area (Å²) >= 11 is 0. The molecule has 0 atom stereocenters. The van der Waals surface area contributed by atoms with Crippen LogP contribution in [0.25, 0.3) is 22.4 Å². The summed E-state index contributed by atoms with van der Waals surface area (Å²) in [5, 5.41) is 7.86. The average molecular weight is 370 g/mol. The molecule has 1 aliphatic rings. The number of carbonyl (C=O) groups excluding carboxylic acids is 1. The van der Waals surface area contributed by atoms with Crippen LogP contribution < -0.4 is 5.32 Å². The Balaban J connectivity index is 1.57. The van der Waals surface area contributed by atoms with E-state index in [-0.39, 0.29) is 5.91 Å². The fourth-order valence-electron chi connectivity index (χ4n) is 3.31. The van der Waals surface area contributed by atoms with Crippen molar-refractivity contribution in [3.05, 3.63) is 77.7 Å². The molecule has 1 N–H and O–H groups in total. The smallest absolute Gasteiger partial charge is 0.259 e. The minimum atomic E-state index is -0.168. The van der Waals surface area contributed by atoms with Crippen LogP contribution in [-0.4, -0.2) is 21.0 Å². The van der Waals surface area contributed by atoms with Crippen LogP contribution in [0.15, 0.2) is 65.4 Å². The van der Waals surface area contributed by atoms with Gasteiger partial charge in [-0.05, 0) is 30.5 Å². The molecular formula is C22H18N4O2. The molecule has 0 aliphatic heterocycles. The first-order chi connectivity index (χ1) is 13.8. The first-order valence-electron chi connectivity index (χ1n) is 9.32. The van der Waals surface area contributed by atoms with Gasteiger partial charge in [0.05, 0.1) is 10.9 Å². The van der Waals surface area contributed by atoms with E-state index in [2.05, 4.69) is 20.4 Å². The zero-order valence-electron chi connectivity index (χ0n) is 15.1. The average Bonchev–Trinajstić information content (AvgIpc) is 3.52. The van der Waals surface area contributed by atoms with Crippen molar-refractivity contribution in [2.75, 3.05) is 0 Å². The topological polar surface area (TPSA) is 80.9 Å². The highest BCUT2D eigenvalue weighted by Gasteiger charge is 2.29. The molecule has 0 saturated heterocycles. The number of benzene rings is 1. The normalized spacial score (nSPS) is 13.6. The number of rotatable bonds is 5. The van der Waals surface area contributed by atoms with E-state index in [0.29, 0.717) is 34.8 Å². The number of carbonyl (C=O) groups is 1. The van der Waals surface area contributed by atoms with Crippen LogP contribution in [0.2, 0.25) is 0 Å². The van der Waals surface area contributed by atoms with Gasteiger partial charge in [0.25, 0.3) is 11.6 Å². The van der Waals surface area contributed by atoms with Crippen LogP contribution in [0.5, 0.6) is 0 Å². The number of fused-ring (bicyclic) bond motifs is 1. The lowest BCUT2D eigenvalue weighted by Gasteiger charge is -2.08. The van der Waals surface area contributed by atoms with Gasteiger partial charge < -0.3 is 9.84 Å². The Hall–Kier alpha value is -3.54. The van der Waals surface area contributed by atoms with Crippen molar-refractivity contribution >= 4 is 17.0 Å². The zero-order chi connectivity index (χ0) is 18.9. The summed E-state index contributed by atoms with van der Waals surface area (Å²) in [5.41, 5.74) is 4.33. The molecule has 28 heavy (non-hydrogen) atoms. The standard InChI is InChI=1S/C22H18N4O2/c27-21(24-13-14-5-4-10-23-12-14)17-11-18(15-8-9-15)25-22-19(17)20(26-28-22)16-6-2-1-3-7-16/h1-7,10-12,15H,8-9,13H2,(H,24,27). The Morgan fingerprint density at radius 1 is 1.14 bits per heavy atom. The maximum Gasteiger partial charge on any atom is 0.259 e. The minimum Gasteiger partial charge on any atom is -0.348 e. The lowest BCUT2D eigenvalue weighted by atomic mass is 10.0. The maximum absolute atomic E-state index is 13.1. The Morgan fingerprint density at radius 2 is 2.00 bits per heavy atom. The highest BCUT2D eigenvalue weighted by atomic mass is 16.5. The Labute approximate surface area is 161 Å². The van der Waals surface area contributed by atoms with Gasteiger partial charge >= 0.3 is 0 Å². The summed E-state index contributed by atoms with van der Waals surface area (Å²) in [5.74, 6) is 0.234. The van der Waals surface area contributed by atoms with Crippen molar-refractivity contribution in [1.82, 2.24) is 20.4 Å². The molecule has 0 spiro atoms. The molecule has 1 aliphatic carbocycles. The van der Waals surface area contributed by atoms with Gasteiger partial charge in [-0.25, -0.2) is 4.98 Å². The van der Waals surface area contributed by atoms with Gasteiger partial charge in [-0.2, -0.15) is 0 Å². The van der Waals surface area contributed by atoms with E-state index in [1.165, 1.54) is 0 Å². The van der Waals surface area contributed by atoms with E-state index in [9.17, 15) is 4.79 Å². The molecule has 3 heterocycles. The molecule has 5 rings (SSSR count). The molecule has 6 heteroatoms. The monoisotopic (exact) mass is 370 g/mol. The number of aromatic nitrogens is 3. The van der Waals surface area contributed by atoms with Gasteiger partial charge in [-0.3, -0.25) is 9.78 Å². The van der Waals surface area contributed by atoms with E-state index in [1.54, 1.807) is 12.4 Å². The molecule has 1 fully saturated rings. The van der Waals surface area contributed by atoms with Crippen LogP contribution >= 0.6 is 0 Å². The Kier molecular flexibility index (Phi) is 4.09. The molecule has 3 aromatic heterocycles. The quantitative estimate of drug-likeness (QED) is 0.572. The predicted octanol–water partition coefficient (Wildman–Crippen LogP) is 4.09. The molecular weight excluding hydrogens is 352 g/mol. The summed E-state index contributed by atoms with van der Waals surface area (Å²) < 4.78 is 5.52. The van der Waals surface area contributed by atoms with Crippen molar-refractivity contribution < 1.29 is 9.32 Å². The zero-order valence-corrected chi connectivity index (χ0v) is 15.1. The molecule has 1 amide bonds. The molecule has 6 nitrogen and oxygen atoms in total. The summed E-state index contributed by atoms with van der Waals surface area (Å²) in [7, 11) is 0. The van der Waals surface area contributed by atoms with Gasteiger partial charge in [-0.15, -0.1) is 0 Å². The third-order valence-corrected chi connectivity index (χ3v) is 4.93. The molecule has 0 unspecified atom stereocenters. The van der Waals surface area contributed by atoms with E-state index in [4.69, 9.17) is 4.52 Å². The van der Waals surface area contributed by atoms with Gasteiger partial charge in [0.1, 0.15) is 5.69 Å². The van der Waals surface area contributed by atoms with E-state index in [0.717, 1.165) is 29.7 Å². The van der Waals surface area contributed by atoms with Crippen molar-refractivity contribution in [3.63, 3.8) is 0 Å². The van der Waals surface area contributed by atoms with Crippen molar-refractivity contribution in [2.45, 2.75) is 25.3 Å². The second-order valence-corrected chi connectivity index (χ2v) is 6.99. The third kappa shape index (κ3) is 3.13. The maximum atomic E-state index is 13.1. The van der Waals surface area contributed by atoms with Crippen LogP contribution in [0.1, 0.15) is 40.4 Å². The summed E-state index contributed by atoms with van der Waals surface area (Å²) in [6, 6.07) is 15.4. The molecule has 0 bridgehead atoms. The fraction of sp³-hybridized carbons (Fsp3) is 0.182. The number of hydrogen-bond acceptors (Lipinski definition) is 5. The van der Waals surface area contributed by atoms with Crippen molar-refractivity contribution in [1.29, 1.82) is 0 Å². The van der Waals surface area contributed by atoms with Crippen molar-refractivity contribution in [2.24, 2.45) is 0 Å². The summed E-state index contributed by atoms with van der Waals surface area (Å²) in [6.45, 7) is 0.404. The Bertz CT molecular complexity index is 1140. The summed E-state index contributed by atoms with van der Waals surface area (Å²) in [4.78, 5) is 21.8. The molecule has 0 radical (unpaired) electrons. The minimum absolute atomic E-state index is 0.168. The van der Waals surface area contributed by atoms with Gasteiger partial charge in [0.2, 0.25) is 0 Å². The van der Waals surface area contributed by atoms with Gasteiger partial charge in [0, 0.05) is 36.1 Å². The highest BCUT2D eigenvalue weighted by molar-refractivity contribution is 6.09. The second-order valence-electron chi connectivity index (χ2n) is 6.99. The van der Waals surface area contributed by atoms with E-state index >= 15 is 0 Å². The van der Waals surface area contributed by atoms with Crippen LogP contribution in [-0.2, 0) is 6.54 Å². The number of hydrogen-bond donors (Lipinski definition) is 1. The second kappa shape index (κ2) is 6.88. The molecule has 1 saturated carbocycles. The number of nitrogens with one attached hydrogen (secondary N) is 1. The third-order valence-electron chi connectivity index (χ3n) is 4.93. The summed E-state index contributed by atoms with van der Waals surface area (Å²) in [6.07, 6.45) is 5.64. The van der Waals surface area contributed by atoms with Crippen LogP contribution in [0.4, 0.5) is 0 Å². The SMILES string of the molecule is O=C(NCc1cccnc1)c1cc(C2CC2)nc2onc(-c3ccccc3)c12. The number of nitrogens with zero attached hydrogens (tertiary/aromatic N) is 3. The van der Waals surface area contributed by atoms with Crippen LogP contribution in [0, 0.1) is 0 Å². The van der Waals surface area contributed by atoms with E-state index < -0.39 is 0 Å². The lowest BCUT2D eigenvalue weighted by Crippen LogP contribution is -2.23. The predicted molar refractivity (Wildman–Crippen MR) is 105 cm³/mol. The largest absolute Gasteiger partial charge is 0.348 e. The number of pyridine rings is 2. The van der Waals surface area contributed by atoms with E-state index in [1.807, 2.05) is 48.5 Å². The van der Waals surface area contributed by atoms with Gasteiger partial charge in [-0.1, -0.05) is 41.6 Å². The molecule has 138 valence electrons. The first-order valence-corrected chi connectivity index (χ1v) is 9.32. The highest BCUT2D eigenvalue weighted by Crippen LogP contribution is 2.41. The first kappa shape index (κ1) is 16.6. The molecule has 1 aromatic carbocycles. The Morgan fingerprint density at radius 3 is 2.75 bits per heavy atom. The molecule has 4 aromatic rings. The fourth-order valence-corrected chi connectivity index (χ4v) is 3.31. The lowest BCUT2D eigenvalue weighted by molar-refractivity contribution is 0.0952.